The molecule has 1 heterocycles. The SMILES string of the molecule is CCNC1CC(C)(C)Oc2c(Br)cc(C)cc21. The predicted molar refractivity (Wildman–Crippen MR) is 74.6 cm³/mol. The van der Waals surface area contributed by atoms with Gasteiger partial charge in [-0.05, 0) is 54.9 Å². The summed E-state index contributed by atoms with van der Waals surface area (Å²) in [4.78, 5) is 0. The summed E-state index contributed by atoms with van der Waals surface area (Å²) in [7, 11) is 0. The van der Waals surface area contributed by atoms with Crippen LogP contribution in [0.2, 0.25) is 0 Å². The first kappa shape index (κ1) is 12.9. The standard InChI is InChI=1S/C14H20BrNO/c1-5-16-12-8-14(3,4)17-13-10(12)6-9(2)7-11(13)15/h6-7,12,16H,5,8H2,1-4H3. The summed E-state index contributed by atoms with van der Waals surface area (Å²) < 4.78 is 7.15. The number of rotatable bonds is 2. The fourth-order valence-corrected chi connectivity index (χ4v) is 3.14. The second-order valence-corrected chi connectivity index (χ2v) is 6.20. The number of fused-ring (bicyclic) bond motifs is 1. The Morgan fingerprint density at radius 2 is 2.18 bits per heavy atom. The third kappa shape index (κ3) is 2.66. The van der Waals surface area contributed by atoms with E-state index in [-0.39, 0.29) is 5.60 Å². The molecule has 0 spiro atoms. The molecule has 0 saturated carbocycles. The summed E-state index contributed by atoms with van der Waals surface area (Å²) in [6.45, 7) is 9.53. The van der Waals surface area contributed by atoms with Crippen molar-refractivity contribution in [1.82, 2.24) is 5.32 Å². The lowest BCUT2D eigenvalue weighted by atomic mass is 9.89. The largest absolute Gasteiger partial charge is 0.486 e. The average Bonchev–Trinajstić information content (AvgIpc) is 2.19. The number of nitrogens with one attached hydrogen (secondary N) is 1. The van der Waals surface area contributed by atoms with Crippen LogP contribution in [0.4, 0.5) is 0 Å². The molecule has 1 aromatic carbocycles. The molecule has 0 bridgehead atoms. The molecule has 1 aliphatic heterocycles. The fourth-order valence-electron chi connectivity index (χ4n) is 2.47. The molecule has 17 heavy (non-hydrogen) atoms. The van der Waals surface area contributed by atoms with Gasteiger partial charge in [-0.25, -0.2) is 0 Å². The van der Waals surface area contributed by atoms with Crippen LogP contribution in [0.25, 0.3) is 0 Å². The van der Waals surface area contributed by atoms with Crippen LogP contribution in [-0.4, -0.2) is 12.1 Å². The Kier molecular flexibility index (Phi) is 3.50. The fraction of sp³-hybridized carbons (Fsp3) is 0.571. The van der Waals surface area contributed by atoms with Crippen molar-refractivity contribution in [3.05, 3.63) is 27.7 Å². The number of hydrogen-bond acceptors (Lipinski definition) is 2. The third-order valence-corrected chi connectivity index (χ3v) is 3.71. The first-order valence-corrected chi connectivity index (χ1v) is 6.94. The van der Waals surface area contributed by atoms with E-state index in [9.17, 15) is 0 Å². The van der Waals surface area contributed by atoms with Crippen LogP contribution in [0.15, 0.2) is 16.6 Å². The lowest BCUT2D eigenvalue weighted by molar-refractivity contribution is 0.0654. The maximum atomic E-state index is 6.09. The number of benzene rings is 1. The van der Waals surface area contributed by atoms with Crippen molar-refractivity contribution in [2.45, 2.75) is 45.8 Å². The van der Waals surface area contributed by atoms with Crippen molar-refractivity contribution in [2.75, 3.05) is 6.54 Å². The van der Waals surface area contributed by atoms with Gasteiger partial charge in [0.1, 0.15) is 11.4 Å². The first-order valence-electron chi connectivity index (χ1n) is 6.15. The van der Waals surface area contributed by atoms with E-state index in [2.05, 4.69) is 61.1 Å². The maximum absolute atomic E-state index is 6.09. The molecule has 1 atom stereocenters. The highest BCUT2D eigenvalue weighted by Gasteiger charge is 2.34. The molecule has 1 aromatic rings. The zero-order valence-electron chi connectivity index (χ0n) is 10.9. The zero-order valence-corrected chi connectivity index (χ0v) is 12.5. The Labute approximate surface area is 112 Å². The van der Waals surface area contributed by atoms with Crippen molar-refractivity contribution in [1.29, 1.82) is 0 Å². The smallest absolute Gasteiger partial charge is 0.139 e. The molecular weight excluding hydrogens is 278 g/mol. The van der Waals surface area contributed by atoms with Crippen LogP contribution >= 0.6 is 15.9 Å². The topological polar surface area (TPSA) is 21.3 Å². The minimum Gasteiger partial charge on any atom is -0.486 e. The van der Waals surface area contributed by atoms with Gasteiger partial charge in [0, 0.05) is 18.0 Å². The van der Waals surface area contributed by atoms with Gasteiger partial charge in [0.15, 0.2) is 0 Å². The Bertz CT molecular complexity index is 428. The van der Waals surface area contributed by atoms with Gasteiger partial charge in [-0.15, -0.1) is 0 Å². The number of halogens is 1. The normalized spacial score (nSPS) is 21.8. The highest BCUT2D eigenvalue weighted by Crippen LogP contribution is 2.44. The number of hydrogen-bond donors (Lipinski definition) is 1. The Morgan fingerprint density at radius 3 is 2.82 bits per heavy atom. The summed E-state index contributed by atoms with van der Waals surface area (Å²) in [5.41, 5.74) is 2.43. The molecule has 0 radical (unpaired) electrons. The molecule has 94 valence electrons. The van der Waals surface area contributed by atoms with Crippen molar-refractivity contribution in [3.8, 4) is 5.75 Å². The quantitative estimate of drug-likeness (QED) is 0.892. The van der Waals surface area contributed by atoms with E-state index < -0.39 is 0 Å². The second-order valence-electron chi connectivity index (χ2n) is 5.34. The summed E-state index contributed by atoms with van der Waals surface area (Å²) in [5, 5.41) is 3.55. The summed E-state index contributed by atoms with van der Waals surface area (Å²) in [6.07, 6.45) is 1.00. The molecular formula is C14H20BrNO. The third-order valence-electron chi connectivity index (χ3n) is 3.12. The van der Waals surface area contributed by atoms with Crippen molar-refractivity contribution >= 4 is 15.9 Å². The minimum atomic E-state index is -0.113. The second kappa shape index (κ2) is 4.62. The maximum Gasteiger partial charge on any atom is 0.139 e. The van der Waals surface area contributed by atoms with Gasteiger partial charge in [-0.3, -0.25) is 0 Å². The Balaban J connectivity index is 2.48. The lowest BCUT2D eigenvalue weighted by Crippen LogP contribution is -2.39. The van der Waals surface area contributed by atoms with Crippen molar-refractivity contribution in [2.24, 2.45) is 0 Å². The Morgan fingerprint density at radius 1 is 1.47 bits per heavy atom. The molecule has 0 fully saturated rings. The first-order chi connectivity index (χ1) is 7.93. The molecule has 0 aromatic heterocycles. The van der Waals surface area contributed by atoms with Gasteiger partial charge in [0.05, 0.1) is 4.47 Å². The van der Waals surface area contributed by atoms with Crippen LogP contribution in [0, 0.1) is 6.92 Å². The Hall–Kier alpha value is -0.540. The van der Waals surface area contributed by atoms with E-state index in [0.29, 0.717) is 6.04 Å². The molecule has 0 saturated heterocycles. The van der Waals surface area contributed by atoms with E-state index in [0.717, 1.165) is 23.2 Å². The molecule has 1 N–H and O–H groups in total. The highest BCUT2D eigenvalue weighted by atomic mass is 79.9. The monoisotopic (exact) mass is 297 g/mol. The average molecular weight is 298 g/mol. The molecule has 0 amide bonds. The van der Waals surface area contributed by atoms with Crippen LogP contribution in [0.1, 0.15) is 44.4 Å². The van der Waals surface area contributed by atoms with E-state index in [1.54, 1.807) is 0 Å². The molecule has 1 aliphatic rings. The van der Waals surface area contributed by atoms with Crippen LogP contribution in [-0.2, 0) is 0 Å². The van der Waals surface area contributed by atoms with Gasteiger partial charge in [0.2, 0.25) is 0 Å². The van der Waals surface area contributed by atoms with Crippen LogP contribution < -0.4 is 10.1 Å². The summed E-state index contributed by atoms with van der Waals surface area (Å²) in [5.74, 6) is 0.998. The minimum absolute atomic E-state index is 0.113. The van der Waals surface area contributed by atoms with E-state index >= 15 is 0 Å². The molecule has 1 unspecified atom stereocenters. The van der Waals surface area contributed by atoms with Crippen molar-refractivity contribution < 1.29 is 4.74 Å². The van der Waals surface area contributed by atoms with Crippen LogP contribution in [0.3, 0.4) is 0 Å². The lowest BCUT2D eigenvalue weighted by Gasteiger charge is -2.38. The van der Waals surface area contributed by atoms with Gasteiger partial charge in [0.25, 0.3) is 0 Å². The van der Waals surface area contributed by atoms with Gasteiger partial charge >= 0.3 is 0 Å². The number of ether oxygens (including phenoxy) is 1. The van der Waals surface area contributed by atoms with Crippen molar-refractivity contribution in [3.63, 3.8) is 0 Å². The molecule has 3 heteroatoms. The summed E-state index contributed by atoms with van der Waals surface area (Å²) in [6, 6.07) is 4.72. The van der Waals surface area contributed by atoms with Gasteiger partial charge < -0.3 is 10.1 Å². The highest BCUT2D eigenvalue weighted by molar-refractivity contribution is 9.10. The molecule has 0 aliphatic carbocycles. The van der Waals surface area contributed by atoms with Gasteiger partial charge in [-0.1, -0.05) is 13.0 Å². The molecule has 2 nitrogen and oxygen atoms in total. The van der Waals surface area contributed by atoms with E-state index in [1.165, 1.54) is 11.1 Å². The zero-order chi connectivity index (χ0) is 12.6. The summed E-state index contributed by atoms with van der Waals surface area (Å²) >= 11 is 3.61. The van der Waals surface area contributed by atoms with Crippen LogP contribution in [0.5, 0.6) is 5.75 Å². The predicted octanol–water partition coefficient (Wildman–Crippen LogP) is 3.97. The number of aryl methyl sites for hydroxylation is 1. The van der Waals surface area contributed by atoms with E-state index in [4.69, 9.17) is 4.74 Å². The van der Waals surface area contributed by atoms with E-state index in [1.807, 2.05) is 0 Å². The van der Waals surface area contributed by atoms with Gasteiger partial charge in [-0.2, -0.15) is 0 Å². The molecule has 2 rings (SSSR count).